The third kappa shape index (κ3) is 1.75. The number of hydrogen-bond acceptors (Lipinski definition) is 4. The molecule has 5 nitrogen and oxygen atoms in total. The summed E-state index contributed by atoms with van der Waals surface area (Å²) in [5.74, 6) is -0.309. The summed E-state index contributed by atoms with van der Waals surface area (Å²) in [4.78, 5) is 15.0. The molecular formula is C13H15NO4. The first-order valence-corrected chi connectivity index (χ1v) is 6.14. The number of carboxylic acid groups (broad SMARTS) is 1. The number of nitrogens with zero attached hydrogens (tertiary/aromatic N) is 1. The predicted molar refractivity (Wildman–Crippen MR) is 62.5 cm³/mol. The van der Waals surface area contributed by atoms with Crippen molar-refractivity contribution in [3.8, 4) is 0 Å². The quantitative estimate of drug-likeness (QED) is 0.851. The number of carbonyl (C=O) groups is 1. The van der Waals surface area contributed by atoms with E-state index in [1.165, 1.54) is 6.26 Å². The van der Waals surface area contributed by atoms with Crippen molar-refractivity contribution >= 4 is 11.5 Å². The number of rotatable bonds is 3. The van der Waals surface area contributed by atoms with Gasteiger partial charge in [-0.3, -0.25) is 4.79 Å². The summed E-state index contributed by atoms with van der Waals surface area (Å²) in [5, 5.41) is 19.4. The summed E-state index contributed by atoms with van der Waals surface area (Å²) in [6.07, 6.45) is 7.16. The van der Waals surface area contributed by atoms with Crippen LogP contribution in [-0.4, -0.2) is 26.8 Å². The average molecular weight is 249 g/mol. The molecule has 2 N–H and O–H groups in total. The van der Waals surface area contributed by atoms with Gasteiger partial charge in [-0.05, 0) is 25.2 Å². The monoisotopic (exact) mass is 249 g/mol. The molecule has 1 aromatic heterocycles. The van der Waals surface area contributed by atoms with Crippen LogP contribution in [0.2, 0.25) is 0 Å². The van der Waals surface area contributed by atoms with E-state index in [0.717, 1.165) is 18.4 Å². The molecule has 0 spiro atoms. The lowest BCUT2D eigenvalue weighted by Crippen LogP contribution is -2.47. The van der Waals surface area contributed by atoms with Crippen molar-refractivity contribution in [1.82, 2.24) is 4.98 Å². The van der Waals surface area contributed by atoms with Crippen molar-refractivity contribution in [2.45, 2.75) is 31.3 Å². The first-order valence-electron chi connectivity index (χ1n) is 6.14. The van der Waals surface area contributed by atoms with E-state index in [9.17, 15) is 9.90 Å². The molecule has 3 unspecified atom stereocenters. The Balaban J connectivity index is 1.91. The molecule has 0 amide bonds. The van der Waals surface area contributed by atoms with Crippen LogP contribution in [0.15, 0.2) is 23.0 Å². The lowest BCUT2D eigenvalue weighted by molar-refractivity contribution is -0.147. The number of fused-ring (bicyclic) bond motifs is 2. The Hall–Kier alpha value is -1.62. The molecule has 1 fully saturated rings. The van der Waals surface area contributed by atoms with Crippen LogP contribution in [0.3, 0.4) is 0 Å². The van der Waals surface area contributed by atoms with Crippen molar-refractivity contribution in [1.29, 1.82) is 0 Å². The minimum atomic E-state index is -1.11. The summed E-state index contributed by atoms with van der Waals surface area (Å²) < 4.78 is 5.30. The first-order chi connectivity index (χ1) is 8.58. The number of aliphatic carboxylic acids is 1. The molecule has 3 atom stereocenters. The standard InChI is InChI=1S/C13H15NO4/c15-11(16)7-13(17)6-8-1-2-9(13)5-10(8)12-14-3-4-18-12/h3-5,8-9,17H,1-2,6-7H2,(H,15,16). The molecular weight excluding hydrogens is 234 g/mol. The maximum absolute atomic E-state index is 10.8. The van der Waals surface area contributed by atoms with E-state index in [0.29, 0.717) is 12.3 Å². The van der Waals surface area contributed by atoms with Crippen molar-refractivity contribution in [2.24, 2.45) is 11.8 Å². The van der Waals surface area contributed by atoms with Gasteiger partial charge in [0.2, 0.25) is 5.89 Å². The largest absolute Gasteiger partial charge is 0.481 e. The van der Waals surface area contributed by atoms with Gasteiger partial charge in [0.1, 0.15) is 6.26 Å². The third-order valence-corrected chi connectivity index (χ3v) is 4.07. The molecule has 5 heteroatoms. The Morgan fingerprint density at radius 2 is 2.39 bits per heavy atom. The van der Waals surface area contributed by atoms with Crippen LogP contribution < -0.4 is 0 Å². The summed E-state index contributed by atoms with van der Waals surface area (Å²) in [7, 11) is 0. The zero-order chi connectivity index (χ0) is 12.8. The highest BCUT2D eigenvalue weighted by molar-refractivity contribution is 5.70. The third-order valence-electron chi connectivity index (χ3n) is 4.07. The van der Waals surface area contributed by atoms with E-state index in [2.05, 4.69) is 4.98 Å². The molecule has 2 bridgehead atoms. The van der Waals surface area contributed by atoms with Crippen molar-refractivity contribution in [3.63, 3.8) is 0 Å². The molecule has 18 heavy (non-hydrogen) atoms. The minimum Gasteiger partial charge on any atom is -0.481 e. The SMILES string of the molecule is O=C(O)CC1(O)CC2CCC1C=C2c1ncco1. The van der Waals surface area contributed by atoms with E-state index in [-0.39, 0.29) is 18.3 Å². The van der Waals surface area contributed by atoms with Gasteiger partial charge >= 0.3 is 5.97 Å². The van der Waals surface area contributed by atoms with Crippen LogP contribution in [0.5, 0.6) is 0 Å². The fraction of sp³-hybridized carbons (Fsp3) is 0.538. The Labute approximate surface area is 104 Å². The molecule has 1 heterocycles. The molecule has 1 saturated carbocycles. The lowest BCUT2D eigenvalue weighted by Gasteiger charge is -2.46. The van der Waals surface area contributed by atoms with Crippen LogP contribution in [0.1, 0.15) is 31.6 Å². The Kier molecular flexibility index (Phi) is 2.52. The molecule has 0 aliphatic heterocycles. The second kappa shape index (κ2) is 3.95. The van der Waals surface area contributed by atoms with Gasteiger partial charge in [-0.1, -0.05) is 6.08 Å². The van der Waals surface area contributed by atoms with E-state index < -0.39 is 11.6 Å². The number of allylic oxidation sites excluding steroid dienone is 1. The molecule has 3 aliphatic carbocycles. The second-order valence-corrected chi connectivity index (χ2v) is 5.22. The highest BCUT2D eigenvalue weighted by Gasteiger charge is 2.48. The van der Waals surface area contributed by atoms with Gasteiger partial charge in [0.15, 0.2) is 0 Å². The predicted octanol–water partition coefficient (Wildman–Crippen LogP) is 1.69. The van der Waals surface area contributed by atoms with Gasteiger partial charge < -0.3 is 14.6 Å². The summed E-state index contributed by atoms with van der Waals surface area (Å²) in [6.45, 7) is 0. The van der Waals surface area contributed by atoms with Crippen LogP contribution in [0.25, 0.3) is 5.57 Å². The van der Waals surface area contributed by atoms with Crippen molar-refractivity contribution in [3.05, 3.63) is 24.4 Å². The van der Waals surface area contributed by atoms with Crippen LogP contribution >= 0.6 is 0 Å². The summed E-state index contributed by atoms with van der Waals surface area (Å²) in [5.41, 5.74) is -0.0866. The van der Waals surface area contributed by atoms with Crippen LogP contribution in [-0.2, 0) is 4.79 Å². The van der Waals surface area contributed by atoms with E-state index in [1.54, 1.807) is 6.20 Å². The van der Waals surface area contributed by atoms with E-state index in [4.69, 9.17) is 9.52 Å². The number of carboxylic acids is 1. The van der Waals surface area contributed by atoms with Crippen LogP contribution in [0.4, 0.5) is 0 Å². The highest BCUT2D eigenvalue weighted by Crippen LogP contribution is 2.50. The average Bonchev–Trinajstić information content (AvgIpc) is 2.81. The lowest BCUT2D eigenvalue weighted by atomic mass is 9.62. The molecule has 96 valence electrons. The Bertz CT molecular complexity index is 493. The topological polar surface area (TPSA) is 83.6 Å². The van der Waals surface area contributed by atoms with Gasteiger partial charge in [-0.15, -0.1) is 0 Å². The Morgan fingerprint density at radius 1 is 1.56 bits per heavy atom. The van der Waals surface area contributed by atoms with Gasteiger partial charge in [0.05, 0.1) is 18.2 Å². The summed E-state index contributed by atoms with van der Waals surface area (Å²) >= 11 is 0. The highest BCUT2D eigenvalue weighted by atomic mass is 16.4. The zero-order valence-corrected chi connectivity index (χ0v) is 9.87. The maximum Gasteiger partial charge on any atom is 0.306 e. The molecule has 0 aromatic carbocycles. The molecule has 3 aliphatic rings. The fourth-order valence-electron chi connectivity index (χ4n) is 3.26. The Morgan fingerprint density at radius 3 is 2.94 bits per heavy atom. The normalized spacial score (nSPS) is 34.4. The number of hydrogen-bond donors (Lipinski definition) is 2. The second-order valence-electron chi connectivity index (χ2n) is 5.22. The van der Waals surface area contributed by atoms with Crippen molar-refractivity contribution < 1.29 is 19.4 Å². The molecule has 4 rings (SSSR count). The summed E-state index contributed by atoms with van der Waals surface area (Å²) in [6, 6.07) is 0. The molecule has 1 aromatic rings. The number of oxazole rings is 1. The zero-order valence-electron chi connectivity index (χ0n) is 9.87. The number of aromatic nitrogens is 1. The minimum absolute atomic E-state index is 0.111. The van der Waals surface area contributed by atoms with E-state index in [1.807, 2.05) is 6.08 Å². The maximum atomic E-state index is 10.8. The van der Waals surface area contributed by atoms with Gasteiger partial charge in [-0.25, -0.2) is 4.98 Å². The molecule has 0 radical (unpaired) electrons. The molecule has 0 saturated heterocycles. The first kappa shape index (κ1) is 11.5. The van der Waals surface area contributed by atoms with Crippen molar-refractivity contribution in [2.75, 3.05) is 0 Å². The number of aliphatic hydroxyl groups is 1. The smallest absolute Gasteiger partial charge is 0.306 e. The van der Waals surface area contributed by atoms with E-state index >= 15 is 0 Å². The van der Waals surface area contributed by atoms with Gasteiger partial charge in [0.25, 0.3) is 0 Å². The fourth-order valence-corrected chi connectivity index (χ4v) is 3.26. The van der Waals surface area contributed by atoms with Crippen LogP contribution in [0, 0.1) is 11.8 Å². The van der Waals surface area contributed by atoms with Gasteiger partial charge in [0, 0.05) is 11.5 Å². The van der Waals surface area contributed by atoms with Gasteiger partial charge in [-0.2, -0.15) is 0 Å².